The summed E-state index contributed by atoms with van der Waals surface area (Å²) in [5.41, 5.74) is 0. The van der Waals surface area contributed by atoms with Crippen molar-refractivity contribution in [2.45, 2.75) is 0 Å². The lowest BCUT2D eigenvalue weighted by atomic mass is 12.0. The molecule has 0 saturated heterocycles. The summed E-state index contributed by atoms with van der Waals surface area (Å²) in [4.78, 5) is 0. The molecule has 5 atom stereocenters. The van der Waals surface area contributed by atoms with Crippen molar-refractivity contribution < 1.29 is 0 Å². The van der Waals surface area contributed by atoms with Crippen molar-refractivity contribution in [1.82, 2.24) is 0 Å². The Bertz CT molecular complexity index is 41.4. The lowest BCUT2D eigenvalue weighted by Crippen LogP contribution is -1.35. The molecular weight excluding hydrogens is 198 g/mol. The third kappa shape index (κ3) is 5.05. The van der Waals surface area contributed by atoms with Crippen LogP contribution in [0.5, 0.6) is 0 Å². The fourth-order valence-corrected chi connectivity index (χ4v) is 16.2. The summed E-state index contributed by atoms with van der Waals surface area (Å²) in [5.74, 6) is 0. The van der Waals surface area contributed by atoms with E-state index in [1.54, 1.807) is 0 Å². The molecule has 0 aliphatic heterocycles. The van der Waals surface area contributed by atoms with E-state index in [9.17, 15) is 0 Å². The van der Waals surface area contributed by atoms with Gasteiger partial charge in [0.05, 0.1) is 0 Å². The highest BCUT2D eigenvalue weighted by atomic mass is 32.9. The Kier molecular flexibility index (Phi) is 7.35. The van der Waals surface area contributed by atoms with Gasteiger partial charge in [-0.15, -0.1) is 26.8 Å². The van der Waals surface area contributed by atoms with Crippen LogP contribution >= 0.6 is 49.0 Å². The van der Waals surface area contributed by atoms with Crippen LogP contribution in [0.3, 0.4) is 0 Å². The fraction of sp³-hybridized carbons (Fsp3) is 1.00. The van der Waals surface area contributed by atoms with Crippen molar-refractivity contribution in [3.63, 3.8) is 0 Å². The lowest BCUT2D eigenvalue weighted by Gasteiger charge is -2.11. The highest BCUT2D eigenvalue weighted by Crippen LogP contribution is 2.86. The Morgan fingerprint density at radius 1 is 1.43 bits per heavy atom. The van der Waals surface area contributed by atoms with E-state index in [-0.39, 0.29) is 6.99 Å². The monoisotopic (exact) mass is 208 g/mol. The van der Waals surface area contributed by atoms with Crippen LogP contribution in [0, 0.1) is 0 Å². The maximum absolute atomic E-state index is 2.87. The van der Waals surface area contributed by atoms with Gasteiger partial charge in [-0.25, -0.2) is 0 Å². The van der Waals surface area contributed by atoms with Gasteiger partial charge in [0.25, 0.3) is 0 Å². The number of hydrogen-bond acceptors (Lipinski definition) is 0. The molecule has 0 aromatic rings. The van der Waals surface area contributed by atoms with Crippen LogP contribution in [0.4, 0.5) is 0 Å². The summed E-state index contributed by atoms with van der Waals surface area (Å²) in [7, 11) is 9.97. The Hall–Kier alpha value is 2.58. The van der Waals surface area contributed by atoms with E-state index in [1.807, 2.05) is 0 Å². The summed E-state index contributed by atoms with van der Waals surface area (Å²) in [6.45, 7) is 2.57. The average molecular weight is 208 g/mol. The standard InChI is InChI=1S/CH10P6/c1-6(5-2)7(3)4/h5H,2-4H2,1H3. The molecule has 0 fully saturated rings. The molecule has 7 heavy (non-hydrogen) atoms. The summed E-state index contributed by atoms with van der Waals surface area (Å²) < 4.78 is 0. The zero-order valence-corrected chi connectivity index (χ0v) is 10.4. The van der Waals surface area contributed by atoms with E-state index in [0.717, 1.165) is 7.96 Å². The second-order valence-electron chi connectivity index (χ2n) is 1.03. The molecule has 0 rings (SSSR count). The first-order chi connectivity index (χ1) is 3.18. The lowest BCUT2D eigenvalue weighted by molar-refractivity contribution is 2.50. The fourth-order valence-electron chi connectivity index (χ4n) is 0.0667. The smallest absolute Gasteiger partial charge is 0.0360 e. The summed E-state index contributed by atoms with van der Waals surface area (Å²) in [6, 6.07) is 0. The molecule has 0 amide bonds. The third-order valence-corrected chi connectivity index (χ3v) is 23.8. The van der Waals surface area contributed by atoms with Gasteiger partial charge in [-0.1, -0.05) is 15.3 Å². The molecule has 0 aromatic heterocycles. The largest absolute Gasteiger partial charge is 0.110 e. The van der Waals surface area contributed by atoms with E-state index < -0.39 is 0 Å². The van der Waals surface area contributed by atoms with Crippen molar-refractivity contribution in [2.24, 2.45) is 0 Å². The molecule has 0 saturated carbocycles. The SMILES string of the molecule is CP(PP)P(P)P. The maximum atomic E-state index is 2.87. The molecule has 0 bridgehead atoms. The third-order valence-electron chi connectivity index (χ3n) is 0.533. The van der Waals surface area contributed by atoms with Crippen LogP contribution in [-0.4, -0.2) is 6.66 Å². The van der Waals surface area contributed by atoms with Gasteiger partial charge >= 0.3 is 0 Å². The Morgan fingerprint density at radius 3 is 1.86 bits per heavy atom. The van der Waals surface area contributed by atoms with Gasteiger partial charge in [0.2, 0.25) is 0 Å². The van der Waals surface area contributed by atoms with E-state index in [2.05, 4.69) is 33.5 Å². The van der Waals surface area contributed by atoms with Crippen LogP contribution in [0.25, 0.3) is 0 Å². The molecular formula is CH10P6. The van der Waals surface area contributed by atoms with Crippen molar-refractivity contribution in [3.05, 3.63) is 0 Å². The van der Waals surface area contributed by atoms with Gasteiger partial charge in [0.15, 0.2) is 0 Å². The van der Waals surface area contributed by atoms with E-state index >= 15 is 0 Å². The van der Waals surface area contributed by atoms with Gasteiger partial charge in [0, 0.05) is 0 Å². The van der Waals surface area contributed by atoms with Crippen molar-refractivity contribution in [2.75, 3.05) is 6.66 Å². The van der Waals surface area contributed by atoms with Crippen LogP contribution in [-0.2, 0) is 0 Å². The number of hydrogen-bond donors (Lipinski definition) is 0. The average Bonchev–Trinajstić information content (AvgIpc) is 1.65. The minimum Gasteiger partial charge on any atom is -0.110 e. The second-order valence-corrected chi connectivity index (χ2v) is 20.3. The zero-order valence-electron chi connectivity index (χ0n) is 4.13. The molecule has 6 heteroatoms. The minimum atomic E-state index is 0.228. The second kappa shape index (κ2) is 5.37. The van der Waals surface area contributed by atoms with E-state index in [0.29, 0.717) is 7.30 Å². The molecule has 0 N–H and O–H groups in total. The molecule has 0 spiro atoms. The molecule has 0 aliphatic carbocycles. The van der Waals surface area contributed by atoms with Gasteiger partial charge in [0.1, 0.15) is 0 Å². The maximum Gasteiger partial charge on any atom is -0.0360 e. The van der Waals surface area contributed by atoms with Gasteiger partial charge in [-0.2, -0.15) is 0 Å². The first-order valence-electron chi connectivity index (χ1n) is 1.68. The van der Waals surface area contributed by atoms with Gasteiger partial charge in [-0.3, -0.25) is 0 Å². The minimum absolute atomic E-state index is 0.228. The first-order valence-corrected chi connectivity index (χ1v) is 12.4. The number of rotatable bonds is 2. The van der Waals surface area contributed by atoms with Crippen LogP contribution in [0.2, 0.25) is 0 Å². The molecule has 5 unspecified atom stereocenters. The molecule has 0 nitrogen and oxygen atoms in total. The molecule has 44 valence electrons. The van der Waals surface area contributed by atoms with E-state index in [1.165, 1.54) is 0 Å². The summed E-state index contributed by atoms with van der Waals surface area (Å²) in [5, 5.41) is 0. The summed E-state index contributed by atoms with van der Waals surface area (Å²) >= 11 is 0. The van der Waals surface area contributed by atoms with Crippen molar-refractivity contribution in [1.29, 1.82) is 0 Å². The molecule has 0 heterocycles. The summed E-state index contributed by atoms with van der Waals surface area (Å²) in [6.07, 6.45) is 0. The Morgan fingerprint density at radius 2 is 1.86 bits per heavy atom. The van der Waals surface area contributed by atoms with E-state index in [4.69, 9.17) is 0 Å². The highest BCUT2D eigenvalue weighted by Gasteiger charge is 2.00. The molecule has 0 aromatic carbocycles. The molecule has 0 radical (unpaired) electrons. The van der Waals surface area contributed by atoms with Crippen molar-refractivity contribution >= 4 is 49.0 Å². The highest BCUT2D eigenvalue weighted by molar-refractivity contribution is 8.87. The zero-order chi connectivity index (χ0) is 5.86. The van der Waals surface area contributed by atoms with Crippen LogP contribution < -0.4 is 0 Å². The predicted molar refractivity (Wildman–Crippen MR) is 57.2 cm³/mol. The Labute approximate surface area is 56.1 Å². The van der Waals surface area contributed by atoms with Crippen LogP contribution in [0.15, 0.2) is 0 Å². The quantitative estimate of drug-likeness (QED) is 0.609. The van der Waals surface area contributed by atoms with Gasteiger partial charge < -0.3 is 0 Å². The Balaban J connectivity index is 3.14. The molecule has 0 aliphatic rings. The topological polar surface area (TPSA) is 0 Å². The first kappa shape index (κ1) is 9.58. The predicted octanol–water partition coefficient (Wildman–Crippen LogP) is 3.46. The van der Waals surface area contributed by atoms with Crippen LogP contribution in [0.1, 0.15) is 0 Å². The van der Waals surface area contributed by atoms with Gasteiger partial charge in [-0.05, 0) is 13.7 Å². The normalized spacial score (nSPS) is 16.7. The van der Waals surface area contributed by atoms with Crippen molar-refractivity contribution in [3.8, 4) is 0 Å².